The summed E-state index contributed by atoms with van der Waals surface area (Å²) in [6, 6.07) is 0. The minimum Gasteiger partial charge on any atom is -0.458 e. The molecule has 4 bridgehead atoms. The van der Waals surface area contributed by atoms with Crippen molar-refractivity contribution >= 4 is 22.1 Å². The number of aliphatic hydroxyl groups is 1. The lowest BCUT2D eigenvalue weighted by Gasteiger charge is -2.63. The van der Waals surface area contributed by atoms with Gasteiger partial charge in [-0.3, -0.25) is 9.35 Å². The van der Waals surface area contributed by atoms with E-state index < -0.39 is 56.1 Å². The monoisotopic (exact) mass is 524 g/mol. The minimum absolute atomic E-state index is 0.0265. The van der Waals surface area contributed by atoms with Crippen molar-refractivity contribution in [1.29, 1.82) is 0 Å². The maximum atomic E-state index is 13.6. The number of hydrogen-bond donors (Lipinski definition) is 2. The van der Waals surface area contributed by atoms with Crippen LogP contribution >= 0.6 is 0 Å². The van der Waals surface area contributed by atoms with E-state index in [4.69, 9.17) is 14.0 Å². The molecule has 35 heavy (non-hydrogen) atoms. The molecule has 0 saturated heterocycles. The highest BCUT2D eigenvalue weighted by molar-refractivity contribution is 7.86. The van der Waals surface area contributed by atoms with Crippen LogP contribution in [0.1, 0.15) is 84.0 Å². The van der Waals surface area contributed by atoms with Crippen LogP contribution in [-0.4, -0.2) is 65.3 Å². The first-order valence-electron chi connectivity index (χ1n) is 12.3. The van der Waals surface area contributed by atoms with Gasteiger partial charge in [-0.05, 0) is 70.1 Å². The van der Waals surface area contributed by atoms with Crippen LogP contribution in [0.25, 0.3) is 0 Å². The lowest BCUT2D eigenvalue weighted by molar-refractivity contribution is -0.254. The third-order valence-electron chi connectivity index (χ3n) is 8.41. The second-order valence-corrected chi connectivity index (χ2v) is 12.8. The predicted molar refractivity (Wildman–Crippen MR) is 117 cm³/mol. The van der Waals surface area contributed by atoms with Gasteiger partial charge in [0.25, 0.3) is 0 Å². The molecule has 0 amide bonds. The molecule has 0 aromatic heterocycles. The average Bonchev–Trinajstić information content (AvgIpc) is 2.74. The number of ether oxygens (including phenoxy) is 3. The zero-order valence-corrected chi connectivity index (χ0v) is 20.7. The molecule has 5 fully saturated rings. The second kappa shape index (κ2) is 8.88. The van der Waals surface area contributed by atoms with Crippen molar-refractivity contribution in [2.45, 2.75) is 106 Å². The molecule has 0 heterocycles. The Bertz CT molecular complexity index is 964. The van der Waals surface area contributed by atoms with E-state index in [-0.39, 0.29) is 38.2 Å². The van der Waals surface area contributed by atoms with Crippen LogP contribution in [0.4, 0.5) is 8.78 Å². The topological polar surface area (TPSA) is 136 Å². The Balaban J connectivity index is 1.44. The summed E-state index contributed by atoms with van der Waals surface area (Å²) in [4.78, 5) is 25.6. The summed E-state index contributed by atoms with van der Waals surface area (Å²) in [6.45, 7) is -0.194. The Morgan fingerprint density at radius 3 is 2.34 bits per heavy atom. The number of esters is 2. The van der Waals surface area contributed by atoms with Crippen molar-refractivity contribution in [1.82, 2.24) is 0 Å². The first-order chi connectivity index (χ1) is 16.2. The van der Waals surface area contributed by atoms with Crippen LogP contribution in [0.15, 0.2) is 0 Å². The largest absolute Gasteiger partial charge is 0.458 e. The summed E-state index contributed by atoms with van der Waals surface area (Å²) in [6.07, 6.45) is 6.79. The van der Waals surface area contributed by atoms with E-state index >= 15 is 0 Å². The van der Waals surface area contributed by atoms with Gasteiger partial charge in [0.1, 0.15) is 12.2 Å². The van der Waals surface area contributed by atoms with E-state index in [0.29, 0.717) is 19.3 Å². The lowest BCUT2D eigenvalue weighted by atomic mass is 9.46. The van der Waals surface area contributed by atoms with Crippen molar-refractivity contribution in [3.05, 3.63) is 0 Å². The van der Waals surface area contributed by atoms with Crippen LogP contribution in [-0.2, 0) is 33.9 Å². The zero-order chi connectivity index (χ0) is 25.8. The highest BCUT2D eigenvalue weighted by Crippen LogP contribution is 2.64. The highest BCUT2D eigenvalue weighted by atomic mass is 32.2. The van der Waals surface area contributed by atoms with E-state index in [2.05, 4.69) is 4.74 Å². The van der Waals surface area contributed by atoms with Gasteiger partial charge in [0.15, 0.2) is 6.61 Å². The molecule has 0 aliphatic heterocycles. The molecule has 4 atom stereocenters. The Labute approximate surface area is 203 Å². The molecule has 5 aliphatic carbocycles. The van der Waals surface area contributed by atoms with Gasteiger partial charge >= 0.3 is 27.3 Å². The van der Waals surface area contributed by atoms with E-state index in [1.807, 2.05) is 6.92 Å². The molecule has 5 saturated carbocycles. The second-order valence-electron chi connectivity index (χ2n) is 11.2. The Morgan fingerprint density at radius 2 is 1.74 bits per heavy atom. The normalized spacial score (nSPS) is 36.1. The van der Waals surface area contributed by atoms with Crippen molar-refractivity contribution in [3.63, 3.8) is 0 Å². The summed E-state index contributed by atoms with van der Waals surface area (Å²) in [7, 11) is -5.75. The van der Waals surface area contributed by atoms with E-state index in [0.717, 1.165) is 32.1 Å². The zero-order valence-electron chi connectivity index (χ0n) is 19.9. The standard InChI is InChI=1S/C23H34F2O9S/c1-2-21(6-4-3-5-7-21)34-17(26)11-33-22-10-16-8-19(13-22,12-20(28,9-16)14-22)18(27)32-15-23(24,25)35(29,30)31/h16,28H,2-15H2,1H3,(H,29,30,31). The molecule has 5 rings (SSSR count). The number of halogens is 2. The molecule has 4 unspecified atom stereocenters. The van der Waals surface area contributed by atoms with Gasteiger partial charge in [-0.25, -0.2) is 4.79 Å². The van der Waals surface area contributed by atoms with Crippen molar-refractivity contribution in [2.75, 3.05) is 13.2 Å². The number of alkyl halides is 2. The van der Waals surface area contributed by atoms with Crippen LogP contribution in [0.5, 0.6) is 0 Å². The molecule has 0 radical (unpaired) electrons. The van der Waals surface area contributed by atoms with Gasteiger partial charge in [-0.2, -0.15) is 17.2 Å². The molecule has 9 nitrogen and oxygen atoms in total. The smallest absolute Gasteiger partial charge is 0.402 e. The number of rotatable bonds is 9. The third kappa shape index (κ3) is 5.21. The number of hydrogen-bond acceptors (Lipinski definition) is 8. The first kappa shape index (κ1) is 26.7. The third-order valence-corrected chi connectivity index (χ3v) is 9.28. The Hall–Kier alpha value is -1.37. The highest BCUT2D eigenvalue weighted by Gasteiger charge is 2.67. The van der Waals surface area contributed by atoms with Crippen LogP contribution < -0.4 is 0 Å². The lowest BCUT2D eigenvalue weighted by Crippen LogP contribution is -2.66. The first-order valence-corrected chi connectivity index (χ1v) is 13.7. The van der Waals surface area contributed by atoms with Gasteiger partial charge in [0.2, 0.25) is 0 Å². The molecule has 12 heteroatoms. The fourth-order valence-electron chi connectivity index (χ4n) is 7.27. The SMILES string of the molecule is CCC1(OC(=O)COC23CC4CC(O)(C2)CC(C(=O)OCC(F)(F)S(=O)(=O)O)(C4)C3)CCCCC1. The fourth-order valence-corrected chi connectivity index (χ4v) is 7.48. The van der Waals surface area contributed by atoms with Gasteiger partial charge in [0.05, 0.1) is 16.6 Å². The van der Waals surface area contributed by atoms with Crippen molar-refractivity contribution in [2.24, 2.45) is 11.3 Å². The maximum absolute atomic E-state index is 13.6. The molecule has 200 valence electrons. The average molecular weight is 525 g/mol. The molecule has 0 aromatic rings. The molecule has 0 aromatic carbocycles. The van der Waals surface area contributed by atoms with Gasteiger partial charge in [-0.15, -0.1) is 0 Å². The molecule has 0 spiro atoms. The predicted octanol–water partition coefficient (Wildman–Crippen LogP) is 3.14. The van der Waals surface area contributed by atoms with Gasteiger partial charge < -0.3 is 19.3 Å². The van der Waals surface area contributed by atoms with Crippen molar-refractivity contribution < 1.29 is 50.7 Å². The summed E-state index contributed by atoms with van der Waals surface area (Å²) in [5.74, 6) is -1.73. The number of carbonyl (C=O) groups excluding carboxylic acids is 2. The van der Waals surface area contributed by atoms with Gasteiger partial charge in [0, 0.05) is 6.42 Å². The maximum Gasteiger partial charge on any atom is 0.402 e. The number of carbonyl (C=O) groups is 2. The summed E-state index contributed by atoms with van der Waals surface area (Å²) >= 11 is 0. The molecular weight excluding hydrogens is 490 g/mol. The Kier molecular flexibility index (Phi) is 6.77. The van der Waals surface area contributed by atoms with Crippen molar-refractivity contribution in [3.8, 4) is 0 Å². The Morgan fingerprint density at radius 1 is 1.06 bits per heavy atom. The minimum atomic E-state index is -5.75. The van der Waals surface area contributed by atoms with Crippen LogP contribution in [0.3, 0.4) is 0 Å². The summed E-state index contributed by atoms with van der Waals surface area (Å²) < 4.78 is 74.2. The fraction of sp³-hybridized carbons (Fsp3) is 0.913. The molecule has 5 aliphatic rings. The molecule has 2 N–H and O–H groups in total. The van der Waals surface area contributed by atoms with E-state index in [9.17, 15) is 31.9 Å². The van der Waals surface area contributed by atoms with E-state index in [1.165, 1.54) is 0 Å². The van der Waals surface area contributed by atoms with Gasteiger partial charge in [-0.1, -0.05) is 13.3 Å². The molecular formula is C23H34F2O9S. The summed E-state index contributed by atoms with van der Waals surface area (Å²) in [5, 5.41) is 6.51. The van der Waals surface area contributed by atoms with Crippen LogP contribution in [0.2, 0.25) is 0 Å². The summed E-state index contributed by atoms with van der Waals surface area (Å²) in [5.41, 5.74) is -4.16. The van der Waals surface area contributed by atoms with E-state index in [1.54, 1.807) is 0 Å². The quantitative estimate of drug-likeness (QED) is 0.344. The van der Waals surface area contributed by atoms with Crippen LogP contribution in [0, 0.1) is 11.3 Å².